The SMILES string of the molecule is CNC(=O)[C@@H]1CN(C(=O)NC)C[C@H]1C1CCN(c2ccc(C#N)c(C(F)(F)F)c2)CC1. The van der Waals surface area contributed by atoms with E-state index in [9.17, 15) is 22.8 Å². The van der Waals surface area contributed by atoms with Gasteiger partial charge in [-0.2, -0.15) is 18.4 Å². The molecule has 2 saturated heterocycles. The molecule has 10 heteroatoms. The number of amides is 3. The zero-order chi connectivity index (χ0) is 22.8. The molecule has 0 saturated carbocycles. The molecule has 168 valence electrons. The molecule has 0 aromatic heterocycles. The van der Waals surface area contributed by atoms with Gasteiger partial charge in [0.05, 0.1) is 23.1 Å². The summed E-state index contributed by atoms with van der Waals surface area (Å²) in [6.07, 6.45) is -3.17. The van der Waals surface area contributed by atoms with E-state index in [0.29, 0.717) is 44.7 Å². The van der Waals surface area contributed by atoms with Crippen molar-refractivity contribution in [3.8, 4) is 6.07 Å². The average Bonchev–Trinajstić information content (AvgIpc) is 3.22. The van der Waals surface area contributed by atoms with Crippen LogP contribution in [-0.2, 0) is 11.0 Å². The summed E-state index contributed by atoms with van der Waals surface area (Å²) < 4.78 is 39.9. The van der Waals surface area contributed by atoms with Crippen LogP contribution in [0.5, 0.6) is 0 Å². The number of hydrogen-bond acceptors (Lipinski definition) is 4. The van der Waals surface area contributed by atoms with Crippen molar-refractivity contribution in [1.29, 1.82) is 5.26 Å². The van der Waals surface area contributed by atoms with Crippen LogP contribution in [0.4, 0.5) is 23.7 Å². The molecule has 0 aliphatic carbocycles. The first kappa shape index (κ1) is 22.7. The molecule has 0 spiro atoms. The summed E-state index contributed by atoms with van der Waals surface area (Å²) >= 11 is 0. The van der Waals surface area contributed by atoms with E-state index in [1.54, 1.807) is 31.1 Å². The molecule has 2 heterocycles. The molecule has 0 radical (unpaired) electrons. The Bertz CT molecular complexity index is 875. The third kappa shape index (κ3) is 4.70. The molecule has 0 bridgehead atoms. The summed E-state index contributed by atoms with van der Waals surface area (Å²) in [4.78, 5) is 28.0. The van der Waals surface area contributed by atoms with Crippen LogP contribution in [0.15, 0.2) is 18.2 Å². The number of halogens is 3. The highest BCUT2D eigenvalue weighted by Crippen LogP contribution is 2.38. The Hall–Kier alpha value is -2.96. The van der Waals surface area contributed by atoms with Crippen LogP contribution < -0.4 is 15.5 Å². The average molecular weight is 437 g/mol. The van der Waals surface area contributed by atoms with Gasteiger partial charge in [0.2, 0.25) is 5.91 Å². The molecule has 2 aliphatic heterocycles. The Morgan fingerprint density at radius 3 is 2.35 bits per heavy atom. The van der Waals surface area contributed by atoms with Gasteiger partial charge in [-0.05, 0) is 42.9 Å². The second-order valence-corrected chi connectivity index (χ2v) is 8.01. The summed E-state index contributed by atoms with van der Waals surface area (Å²) in [6.45, 7) is 1.93. The highest BCUT2D eigenvalue weighted by atomic mass is 19.4. The molecular formula is C21H26F3N5O2. The molecule has 2 fully saturated rings. The fraction of sp³-hybridized carbons (Fsp3) is 0.571. The summed E-state index contributed by atoms with van der Waals surface area (Å²) in [6, 6.07) is 5.18. The third-order valence-corrected chi connectivity index (χ3v) is 6.39. The Morgan fingerprint density at radius 1 is 1.13 bits per heavy atom. The monoisotopic (exact) mass is 437 g/mol. The predicted octanol–water partition coefficient (Wildman–Crippen LogP) is 2.43. The molecule has 2 aliphatic rings. The first-order valence-corrected chi connectivity index (χ1v) is 10.2. The minimum absolute atomic E-state index is 0.00565. The molecule has 0 unspecified atom stereocenters. The maximum Gasteiger partial charge on any atom is 0.417 e. The van der Waals surface area contributed by atoms with Crippen molar-refractivity contribution in [3.05, 3.63) is 29.3 Å². The summed E-state index contributed by atoms with van der Waals surface area (Å²) in [5.41, 5.74) is -0.878. The quantitative estimate of drug-likeness (QED) is 0.760. The van der Waals surface area contributed by atoms with Gasteiger partial charge in [0.15, 0.2) is 0 Å². The number of carbonyl (C=O) groups excluding carboxylic acids is 2. The largest absolute Gasteiger partial charge is 0.417 e. The van der Waals surface area contributed by atoms with Gasteiger partial charge in [-0.25, -0.2) is 4.79 Å². The van der Waals surface area contributed by atoms with Gasteiger partial charge in [0, 0.05) is 46.0 Å². The van der Waals surface area contributed by atoms with Crippen molar-refractivity contribution in [2.75, 3.05) is 45.2 Å². The molecule has 1 aromatic rings. The van der Waals surface area contributed by atoms with Gasteiger partial charge in [-0.3, -0.25) is 4.79 Å². The minimum Gasteiger partial charge on any atom is -0.372 e. The van der Waals surface area contributed by atoms with E-state index in [1.165, 1.54) is 6.07 Å². The Morgan fingerprint density at radius 2 is 1.81 bits per heavy atom. The highest BCUT2D eigenvalue weighted by molar-refractivity contribution is 5.81. The van der Waals surface area contributed by atoms with Crippen molar-refractivity contribution in [1.82, 2.24) is 15.5 Å². The zero-order valence-corrected chi connectivity index (χ0v) is 17.5. The summed E-state index contributed by atoms with van der Waals surface area (Å²) in [7, 11) is 3.13. The number of benzene rings is 1. The van der Waals surface area contributed by atoms with E-state index < -0.39 is 11.7 Å². The standard InChI is InChI=1S/C21H26F3N5O2/c1-26-19(30)17-12-29(20(31)27-2)11-16(17)13-5-7-28(8-6-13)15-4-3-14(10-25)18(9-15)21(22,23)24/h3-4,9,13,16-17H,5-8,11-12H2,1-2H3,(H,26,30)(H,27,31)/t16-,17+/m0/s1. The fourth-order valence-corrected chi connectivity index (χ4v) is 4.74. The molecule has 31 heavy (non-hydrogen) atoms. The van der Waals surface area contributed by atoms with E-state index in [0.717, 1.165) is 6.07 Å². The second-order valence-electron chi connectivity index (χ2n) is 8.01. The lowest BCUT2D eigenvalue weighted by atomic mass is 9.78. The number of anilines is 1. The van der Waals surface area contributed by atoms with E-state index >= 15 is 0 Å². The smallest absolute Gasteiger partial charge is 0.372 e. The van der Waals surface area contributed by atoms with E-state index in [2.05, 4.69) is 10.6 Å². The lowest BCUT2D eigenvalue weighted by molar-refractivity contribution is -0.137. The molecule has 1 aromatic carbocycles. The van der Waals surface area contributed by atoms with Gasteiger partial charge in [0.1, 0.15) is 0 Å². The molecule has 2 atom stereocenters. The number of likely N-dealkylation sites (tertiary alicyclic amines) is 1. The Balaban J connectivity index is 1.72. The third-order valence-electron chi connectivity index (χ3n) is 6.39. The van der Waals surface area contributed by atoms with E-state index in [1.807, 2.05) is 4.90 Å². The number of nitrogens with one attached hydrogen (secondary N) is 2. The maximum absolute atomic E-state index is 13.3. The van der Waals surface area contributed by atoms with Crippen molar-refractivity contribution >= 4 is 17.6 Å². The number of alkyl halides is 3. The Kier molecular flexibility index (Phi) is 6.62. The van der Waals surface area contributed by atoms with Gasteiger partial charge in [0.25, 0.3) is 0 Å². The Labute approximate surface area is 179 Å². The predicted molar refractivity (Wildman–Crippen MR) is 108 cm³/mol. The van der Waals surface area contributed by atoms with Crippen molar-refractivity contribution < 1.29 is 22.8 Å². The van der Waals surface area contributed by atoms with Crippen LogP contribution in [0.1, 0.15) is 24.0 Å². The van der Waals surface area contributed by atoms with Gasteiger partial charge in [-0.15, -0.1) is 0 Å². The minimum atomic E-state index is -4.59. The lowest BCUT2D eigenvalue weighted by Gasteiger charge is -2.37. The summed E-state index contributed by atoms with van der Waals surface area (Å²) in [5, 5.41) is 14.3. The number of rotatable bonds is 3. The van der Waals surface area contributed by atoms with Crippen LogP contribution >= 0.6 is 0 Å². The van der Waals surface area contributed by atoms with Crippen LogP contribution in [0.3, 0.4) is 0 Å². The molecule has 2 N–H and O–H groups in total. The van der Waals surface area contributed by atoms with Crippen molar-refractivity contribution in [3.63, 3.8) is 0 Å². The lowest BCUT2D eigenvalue weighted by Crippen LogP contribution is -2.41. The first-order valence-electron chi connectivity index (χ1n) is 10.2. The van der Waals surface area contributed by atoms with Crippen LogP contribution in [0, 0.1) is 29.1 Å². The number of nitriles is 1. The van der Waals surface area contributed by atoms with Crippen LogP contribution in [-0.4, -0.2) is 57.1 Å². The molecule has 3 amide bonds. The van der Waals surface area contributed by atoms with E-state index in [-0.39, 0.29) is 35.3 Å². The molecule has 3 rings (SSSR count). The number of hydrogen-bond donors (Lipinski definition) is 2. The first-order chi connectivity index (χ1) is 14.7. The topological polar surface area (TPSA) is 88.5 Å². The highest BCUT2D eigenvalue weighted by Gasteiger charge is 2.43. The van der Waals surface area contributed by atoms with E-state index in [4.69, 9.17) is 5.26 Å². The maximum atomic E-state index is 13.3. The fourth-order valence-electron chi connectivity index (χ4n) is 4.74. The second kappa shape index (κ2) is 9.04. The van der Waals surface area contributed by atoms with Gasteiger partial charge >= 0.3 is 12.2 Å². The van der Waals surface area contributed by atoms with Crippen LogP contribution in [0.25, 0.3) is 0 Å². The van der Waals surface area contributed by atoms with Crippen molar-refractivity contribution in [2.24, 2.45) is 17.8 Å². The van der Waals surface area contributed by atoms with Gasteiger partial charge in [-0.1, -0.05) is 0 Å². The molecular weight excluding hydrogens is 411 g/mol. The van der Waals surface area contributed by atoms with Crippen LogP contribution in [0.2, 0.25) is 0 Å². The number of nitrogens with zero attached hydrogens (tertiary/aromatic N) is 3. The van der Waals surface area contributed by atoms with Gasteiger partial charge < -0.3 is 20.4 Å². The van der Waals surface area contributed by atoms with Crippen molar-refractivity contribution in [2.45, 2.75) is 19.0 Å². The zero-order valence-electron chi connectivity index (χ0n) is 17.5. The normalized spacial score (nSPS) is 22.2. The number of urea groups is 1. The molecule has 7 nitrogen and oxygen atoms in total. The summed E-state index contributed by atoms with van der Waals surface area (Å²) in [5.74, 6) is -0.203. The number of piperidine rings is 1. The number of carbonyl (C=O) groups is 2.